The highest BCUT2D eigenvalue weighted by molar-refractivity contribution is 5.93. The van der Waals surface area contributed by atoms with Crippen LogP contribution in [0.2, 0.25) is 0 Å². The van der Waals surface area contributed by atoms with Crippen molar-refractivity contribution in [3.63, 3.8) is 0 Å². The van der Waals surface area contributed by atoms with Gasteiger partial charge in [-0.05, 0) is 30.5 Å². The molecule has 126 valence electrons. The van der Waals surface area contributed by atoms with Gasteiger partial charge in [-0.25, -0.2) is 0 Å². The number of rotatable bonds is 8. The molecule has 0 spiro atoms. The summed E-state index contributed by atoms with van der Waals surface area (Å²) < 4.78 is 5.39. The summed E-state index contributed by atoms with van der Waals surface area (Å²) in [5.41, 5.74) is 1.64. The molecule has 2 rings (SSSR count). The zero-order valence-corrected chi connectivity index (χ0v) is 14.1. The Morgan fingerprint density at radius 3 is 2.70 bits per heavy atom. The van der Waals surface area contributed by atoms with Crippen LogP contribution in [-0.4, -0.2) is 36.3 Å². The summed E-state index contributed by atoms with van der Waals surface area (Å²) in [5.74, 6) is 0.718. The van der Waals surface area contributed by atoms with Gasteiger partial charge < -0.3 is 20.1 Å². The monoisotopic (exact) mass is 318 g/mol. The lowest BCUT2D eigenvalue weighted by molar-refractivity contribution is -0.121. The van der Waals surface area contributed by atoms with Crippen LogP contribution in [0.15, 0.2) is 24.4 Å². The van der Waals surface area contributed by atoms with Gasteiger partial charge in [0.25, 0.3) is 0 Å². The Hall–Kier alpha value is -2.01. The minimum atomic E-state index is -0.229. The highest BCUT2D eigenvalue weighted by Gasteiger charge is 2.26. The first-order chi connectivity index (χ1) is 11.1. The summed E-state index contributed by atoms with van der Waals surface area (Å²) >= 11 is 0. The maximum absolute atomic E-state index is 12.3. The second-order valence-electron chi connectivity index (χ2n) is 6.02. The summed E-state index contributed by atoms with van der Waals surface area (Å²) in [7, 11) is 1.63. The van der Waals surface area contributed by atoms with Gasteiger partial charge in [0.15, 0.2) is 0 Å². The molecule has 0 saturated carbocycles. The van der Waals surface area contributed by atoms with Gasteiger partial charge in [-0.15, -0.1) is 0 Å². The lowest BCUT2D eigenvalue weighted by Crippen LogP contribution is -2.39. The minimum Gasteiger partial charge on any atom is -0.496 e. The molecular formula is C18H26N2O3. The SMILES string of the molecule is CCC(CC)(CO)CNC(=O)Cc1c[nH]c2cccc(OC)c12. The quantitative estimate of drug-likeness (QED) is 0.700. The molecule has 2 aromatic rings. The number of hydrogen-bond acceptors (Lipinski definition) is 3. The first-order valence-corrected chi connectivity index (χ1v) is 8.09. The molecule has 5 heteroatoms. The number of aliphatic hydroxyl groups excluding tert-OH is 1. The van der Waals surface area contributed by atoms with Gasteiger partial charge >= 0.3 is 0 Å². The fourth-order valence-electron chi connectivity index (χ4n) is 2.83. The average Bonchev–Trinajstić information content (AvgIpc) is 2.99. The highest BCUT2D eigenvalue weighted by Crippen LogP contribution is 2.29. The van der Waals surface area contributed by atoms with E-state index in [4.69, 9.17) is 4.74 Å². The Morgan fingerprint density at radius 1 is 1.35 bits per heavy atom. The third kappa shape index (κ3) is 3.67. The molecule has 1 amide bonds. The van der Waals surface area contributed by atoms with Crippen molar-refractivity contribution in [3.05, 3.63) is 30.0 Å². The number of H-pyrrole nitrogens is 1. The number of methoxy groups -OCH3 is 1. The number of hydrogen-bond donors (Lipinski definition) is 3. The maximum atomic E-state index is 12.3. The number of aromatic amines is 1. The Balaban J connectivity index is 2.09. The number of aliphatic hydroxyl groups is 1. The zero-order valence-electron chi connectivity index (χ0n) is 14.1. The van der Waals surface area contributed by atoms with Crippen LogP contribution < -0.4 is 10.1 Å². The number of amides is 1. The number of benzene rings is 1. The summed E-state index contributed by atoms with van der Waals surface area (Å²) in [6.07, 6.45) is 3.81. The Kier molecular flexibility index (Phi) is 5.66. The predicted octanol–water partition coefficient (Wildman–Crippen LogP) is 2.63. The number of fused-ring (bicyclic) bond motifs is 1. The fraction of sp³-hybridized carbons (Fsp3) is 0.500. The van der Waals surface area contributed by atoms with E-state index in [0.717, 1.165) is 35.1 Å². The van der Waals surface area contributed by atoms with Crippen LogP contribution in [0.1, 0.15) is 32.3 Å². The predicted molar refractivity (Wildman–Crippen MR) is 91.7 cm³/mol. The van der Waals surface area contributed by atoms with E-state index in [9.17, 15) is 9.90 Å². The molecule has 1 heterocycles. The first-order valence-electron chi connectivity index (χ1n) is 8.09. The van der Waals surface area contributed by atoms with Crippen LogP contribution in [0, 0.1) is 5.41 Å². The van der Waals surface area contributed by atoms with Crippen LogP contribution in [0.5, 0.6) is 5.75 Å². The van der Waals surface area contributed by atoms with E-state index in [1.807, 2.05) is 38.2 Å². The molecule has 0 unspecified atom stereocenters. The van der Waals surface area contributed by atoms with Gasteiger partial charge in [0.05, 0.1) is 20.1 Å². The van der Waals surface area contributed by atoms with Crippen LogP contribution in [0.3, 0.4) is 0 Å². The van der Waals surface area contributed by atoms with E-state index in [2.05, 4.69) is 10.3 Å². The van der Waals surface area contributed by atoms with E-state index >= 15 is 0 Å². The third-order valence-corrected chi connectivity index (χ3v) is 4.82. The molecule has 23 heavy (non-hydrogen) atoms. The number of carbonyl (C=O) groups is 1. The van der Waals surface area contributed by atoms with Crippen LogP contribution in [-0.2, 0) is 11.2 Å². The van der Waals surface area contributed by atoms with Crippen molar-refractivity contribution in [1.82, 2.24) is 10.3 Å². The van der Waals surface area contributed by atoms with E-state index in [-0.39, 0.29) is 24.3 Å². The smallest absolute Gasteiger partial charge is 0.224 e. The minimum absolute atomic E-state index is 0.0449. The number of carbonyl (C=O) groups excluding carboxylic acids is 1. The van der Waals surface area contributed by atoms with Gasteiger partial charge in [-0.1, -0.05) is 19.9 Å². The molecule has 0 aliphatic carbocycles. The summed E-state index contributed by atoms with van der Waals surface area (Å²) in [6, 6.07) is 5.77. The maximum Gasteiger partial charge on any atom is 0.224 e. The van der Waals surface area contributed by atoms with Gasteiger partial charge in [0.1, 0.15) is 5.75 Å². The standard InChI is InChI=1S/C18H26N2O3/c1-4-18(5-2,12-21)11-20-16(22)9-13-10-19-14-7-6-8-15(23-3)17(13)14/h6-8,10,19,21H,4-5,9,11-12H2,1-3H3,(H,20,22). The van der Waals surface area contributed by atoms with E-state index < -0.39 is 0 Å². The molecule has 1 aromatic carbocycles. The summed E-state index contributed by atoms with van der Waals surface area (Å²) in [6.45, 7) is 4.66. The molecule has 0 radical (unpaired) electrons. The average molecular weight is 318 g/mol. The molecule has 0 aliphatic rings. The number of nitrogens with one attached hydrogen (secondary N) is 2. The second-order valence-corrected chi connectivity index (χ2v) is 6.02. The topological polar surface area (TPSA) is 74.4 Å². The van der Waals surface area contributed by atoms with Crippen molar-refractivity contribution in [2.45, 2.75) is 33.1 Å². The molecule has 3 N–H and O–H groups in total. The van der Waals surface area contributed by atoms with Crippen LogP contribution in [0.4, 0.5) is 0 Å². The van der Waals surface area contributed by atoms with Gasteiger partial charge in [0.2, 0.25) is 5.91 Å². The van der Waals surface area contributed by atoms with Crippen molar-refractivity contribution < 1.29 is 14.6 Å². The van der Waals surface area contributed by atoms with Crippen molar-refractivity contribution in [3.8, 4) is 5.75 Å². The Morgan fingerprint density at radius 2 is 2.09 bits per heavy atom. The zero-order chi connectivity index (χ0) is 16.9. The molecule has 0 saturated heterocycles. The van der Waals surface area contributed by atoms with E-state index in [0.29, 0.717) is 6.54 Å². The van der Waals surface area contributed by atoms with Crippen molar-refractivity contribution in [1.29, 1.82) is 0 Å². The first kappa shape index (κ1) is 17.3. The molecule has 1 aromatic heterocycles. The van der Waals surface area contributed by atoms with Crippen LogP contribution >= 0.6 is 0 Å². The lowest BCUT2D eigenvalue weighted by Gasteiger charge is -2.29. The molecule has 0 aliphatic heterocycles. The third-order valence-electron chi connectivity index (χ3n) is 4.82. The normalized spacial score (nSPS) is 11.7. The number of aromatic nitrogens is 1. The van der Waals surface area contributed by atoms with Crippen LogP contribution in [0.25, 0.3) is 10.9 Å². The molecular weight excluding hydrogens is 292 g/mol. The molecule has 5 nitrogen and oxygen atoms in total. The highest BCUT2D eigenvalue weighted by atomic mass is 16.5. The van der Waals surface area contributed by atoms with Gasteiger partial charge in [0, 0.05) is 29.1 Å². The van der Waals surface area contributed by atoms with Gasteiger partial charge in [-0.3, -0.25) is 4.79 Å². The lowest BCUT2D eigenvalue weighted by atomic mass is 9.83. The van der Waals surface area contributed by atoms with Crippen molar-refractivity contribution in [2.24, 2.45) is 5.41 Å². The van der Waals surface area contributed by atoms with E-state index in [1.54, 1.807) is 7.11 Å². The summed E-state index contributed by atoms with van der Waals surface area (Å²) in [5, 5.41) is 13.5. The van der Waals surface area contributed by atoms with Crippen molar-refractivity contribution >= 4 is 16.8 Å². The molecule has 0 fully saturated rings. The van der Waals surface area contributed by atoms with E-state index in [1.165, 1.54) is 0 Å². The Bertz CT molecular complexity index is 651. The summed E-state index contributed by atoms with van der Waals surface area (Å²) in [4.78, 5) is 15.5. The largest absolute Gasteiger partial charge is 0.496 e. The van der Waals surface area contributed by atoms with Gasteiger partial charge in [-0.2, -0.15) is 0 Å². The fourth-order valence-corrected chi connectivity index (χ4v) is 2.83. The molecule has 0 atom stereocenters. The van der Waals surface area contributed by atoms with Crippen molar-refractivity contribution in [2.75, 3.05) is 20.3 Å². The number of ether oxygens (including phenoxy) is 1. The Labute approximate surface area is 137 Å². The second kappa shape index (κ2) is 7.51. The molecule has 0 bridgehead atoms.